The van der Waals surface area contributed by atoms with Gasteiger partial charge in [0.15, 0.2) is 0 Å². The lowest BCUT2D eigenvalue weighted by Crippen LogP contribution is -2.44. The first-order valence-corrected chi connectivity index (χ1v) is 12.0. The van der Waals surface area contributed by atoms with Crippen molar-refractivity contribution in [2.24, 2.45) is 5.92 Å². The number of piperidine rings is 1. The maximum atomic E-state index is 13.6. The molecular weight excluding hydrogens is 451 g/mol. The van der Waals surface area contributed by atoms with Gasteiger partial charge in [0.2, 0.25) is 11.7 Å². The molecule has 9 nitrogen and oxygen atoms in total. The van der Waals surface area contributed by atoms with Crippen molar-refractivity contribution in [3.63, 3.8) is 0 Å². The number of carbonyl (C=O) groups excluding carboxylic acids is 1. The quantitative estimate of drug-likeness (QED) is 0.551. The molecule has 0 bridgehead atoms. The third-order valence-corrected chi connectivity index (χ3v) is 6.52. The molecule has 0 atom stereocenters. The van der Waals surface area contributed by atoms with E-state index < -0.39 is 0 Å². The number of amides is 1. The van der Waals surface area contributed by atoms with Crippen molar-refractivity contribution in [1.29, 1.82) is 0 Å². The van der Waals surface area contributed by atoms with Gasteiger partial charge >= 0.3 is 0 Å². The van der Waals surface area contributed by atoms with Crippen molar-refractivity contribution in [2.75, 3.05) is 57.4 Å². The molecule has 2 saturated heterocycles. The van der Waals surface area contributed by atoms with Crippen LogP contribution in [0.5, 0.6) is 0 Å². The number of benzene rings is 1. The van der Waals surface area contributed by atoms with E-state index >= 15 is 0 Å². The van der Waals surface area contributed by atoms with E-state index in [9.17, 15) is 9.18 Å². The lowest BCUT2D eigenvalue weighted by Gasteiger charge is -2.33. The van der Waals surface area contributed by atoms with Crippen LogP contribution in [-0.4, -0.2) is 78.4 Å². The Bertz CT molecular complexity index is 1140. The lowest BCUT2D eigenvalue weighted by molar-refractivity contribution is -0.125. The van der Waals surface area contributed by atoms with Gasteiger partial charge in [-0.05, 0) is 37.1 Å². The minimum atomic E-state index is -0.357. The molecule has 1 aromatic carbocycles. The fourth-order valence-corrected chi connectivity index (χ4v) is 4.55. The van der Waals surface area contributed by atoms with E-state index in [1.165, 1.54) is 12.1 Å². The van der Waals surface area contributed by atoms with Crippen LogP contribution in [0.4, 0.5) is 10.2 Å². The lowest BCUT2D eigenvalue weighted by atomic mass is 9.95. The first-order valence-electron chi connectivity index (χ1n) is 12.0. The molecule has 4 heterocycles. The van der Waals surface area contributed by atoms with E-state index in [2.05, 4.69) is 30.2 Å². The highest BCUT2D eigenvalue weighted by atomic mass is 19.1. The van der Waals surface area contributed by atoms with Gasteiger partial charge in [-0.15, -0.1) is 0 Å². The molecular formula is C25H29FN6O3. The van der Waals surface area contributed by atoms with Crippen LogP contribution in [0.25, 0.3) is 22.8 Å². The predicted octanol–water partition coefficient (Wildman–Crippen LogP) is 2.60. The number of rotatable bonds is 7. The zero-order chi connectivity index (χ0) is 24.0. The van der Waals surface area contributed by atoms with Crippen molar-refractivity contribution in [3.05, 3.63) is 48.4 Å². The van der Waals surface area contributed by atoms with Crippen LogP contribution >= 0.6 is 0 Å². The fraction of sp³-hybridized carbons (Fsp3) is 0.440. The molecule has 3 aromatic rings. The number of carbonyl (C=O) groups is 1. The van der Waals surface area contributed by atoms with Crippen molar-refractivity contribution >= 4 is 11.7 Å². The molecule has 0 spiro atoms. The second-order valence-corrected chi connectivity index (χ2v) is 8.81. The maximum absolute atomic E-state index is 13.6. The Kier molecular flexibility index (Phi) is 7.29. The molecule has 0 saturated carbocycles. The van der Waals surface area contributed by atoms with Crippen molar-refractivity contribution in [2.45, 2.75) is 12.8 Å². The topological polar surface area (TPSA) is 96.6 Å². The molecule has 1 N–H and O–H groups in total. The van der Waals surface area contributed by atoms with Crippen LogP contribution in [0.15, 0.2) is 47.1 Å². The summed E-state index contributed by atoms with van der Waals surface area (Å²) in [6.07, 6.45) is 3.22. The van der Waals surface area contributed by atoms with Gasteiger partial charge < -0.3 is 19.5 Å². The Labute approximate surface area is 203 Å². The first kappa shape index (κ1) is 23.4. The average Bonchev–Trinajstić information content (AvgIpc) is 3.40. The highest BCUT2D eigenvalue weighted by Gasteiger charge is 2.28. The van der Waals surface area contributed by atoms with Gasteiger partial charge in [0.1, 0.15) is 11.6 Å². The molecule has 2 fully saturated rings. The zero-order valence-corrected chi connectivity index (χ0v) is 19.5. The number of nitrogens with one attached hydrogen (secondary N) is 1. The summed E-state index contributed by atoms with van der Waals surface area (Å²) in [6.45, 7) is 6.29. The SMILES string of the molecule is O=C(NCCN1CCOCC1)C1CCN(c2ncccc2-c2nc(-c3cccc(F)c3)no2)CC1. The Morgan fingerprint density at radius 3 is 2.74 bits per heavy atom. The smallest absolute Gasteiger partial charge is 0.261 e. The molecule has 10 heteroatoms. The summed E-state index contributed by atoms with van der Waals surface area (Å²) < 4.78 is 24.5. The molecule has 0 aliphatic carbocycles. The van der Waals surface area contributed by atoms with Crippen LogP contribution in [0.3, 0.4) is 0 Å². The number of hydrogen-bond donors (Lipinski definition) is 1. The molecule has 0 unspecified atom stereocenters. The molecule has 184 valence electrons. The summed E-state index contributed by atoms with van der Waals surface area (Å²) >= 11 is 0. The van der Waals surface area contributed by atoms with Gasteiger partial charge in [-0.25, -0.2) is 9.37 Å². The zero-order valence-electron chi connectivity index (χ0n) is 19.5. The summed E-state index contributed by atoms with van der Waals surface area (Å²) in [6, 6.07) is 9.79. The predicted molar refractivity (Wildman–Crippen MR) is 128 cm³/mol. The molecule has 2 aromatic heterocycles. The first-order chi connectivity index (χ1) is 17.2. The Morgan fingerprint density at radius 2 is 1.94 bits per heavy atom. The number of ether oxygens (including phenoxy) is 1. The van der Waals surface area contributed by atoms with Crippen LogP contribution in [0.1, 0.15) is 12.8 Å². The third-order valence-electron chi connectivity index (χ3n) is 6.52. The van der Waals surface area contributed by atoms with Crippen LogP contribution in [-0.2, 0) is 9.53 Å². The van der Waals surface area contributed by atoms with Crippen molar-refractivity contribution < 1.29 is 18.4 Å². The number of halogens is 1. The van der Waals surface area contributed by atoms with E-state index in [-0.39, 0.29) is 17.6 Å². The number of morpholine rings is 1. The molecule has 5 rings (SSSR count). The fourth-order valence-electron chi connectivity index (χ4n) is 4.55. The molecule has 35 heavy (non-hydrogen) atoms. The second kappa shape index (κ2) is 10.9. The van der Waals surface area contributed by atoms with Crippen molar-refractivity contribution in [3.8, 4) is 22.8 Å². The van der Waals surface area contributed by atoms with Crippen LogP contribution in [0.2, 0.25) is 0 Å². The van der Waals surface area contributed by atoms with E-state index in [1.807, 2.05) is 12.1 Å². The summed E-state index contributed by atoms with van der Waals surface area (Å²) in [5.41, 5.74) is 1.27. The number of anilines is 1. The van der Waals surface area contributed by atoms with E-state index in [0.29, 0.717) is 36.9 Å². The van der Waals surface area contributed by atoms with E-state index in [4.69, 9.17) is 9.26 Å². The number of aromatic nitrogens is 3. The van der Waals surface area contributed by atoms with Gasteiger partial charge in [0.25, 0.3) is 5.89 Å². The van der Waals surface area contributed by atoms with Gasteiger partial charge in [0, 0.05) is 56.9 Å². The standard InChI is InChI=1S/C25H29FN6O3/c26-20-4-1-3-19(17-20)22-29-25(35-30-22)21-5-2-8-27-23(21)32-10-6-18(7-11-32)24(33)28-9-12-31-13-15-34-16-14-31/h1-5,8,17-18H,6-7,9-16H2,(H,28,33). The molecule has 0 radical (unpaired) electrons. The van der Waals surface area contributed by atoms with E-state index in [1.54, 1.807) is 18.3 Å². The van der Waals surface area contributed by atoms with Crippen LogP contribution in [0, 0.1) is 11.7 Å². The summed E-state index contributed by atoms with van der Waals surface area (Å²) in [5, 5.41) is 7.12. The Balaban J connectivity index is 1.19. The summed E-state index contributed by atoms with van der Waals surface area (Å²) in [5.74, 6) is 1.15. The summed E-state index contributed by atoms with van der Waals surface area (Å²) in [4.78, 5) is 26.2. The summed E-state index contributed by atoms with van der Waals surface area (Å²) in [7, 11) is 0. The average molecular weight is 481 g/mol. The number of pyridine rings is 1. The number of nitrogens with zero attached hydrogens (tertiary/aromatic N) is 5. The van der Waals surface area contributed by atoms with Gasteiger partial charge in [-0.2, -0.15) is 4.98 Å². The maximum Gasteiger partial charge on any atom is 0.261 e. The largest absolute Gasteiger partial charge is 0.379 e. The molecule has 1 amide bonds. The highest BCUT2D eigenvalue weighted by molar-refractivity contribution is 5.79. The highest BCUT2D eigenvalue weighted by Crippen LogP contribution is 2.32. The van der Waals surface area contributed by atoms with Gasteiger partial charge in [0.05, 0.1) is 18.8 Å². The van der Waals surface area contributed by atoms with Crippen molar-refractivity contribution in [1.82, 2.24) is 25.3 Å². The monoisotopic (exact) mass is 480 g/mol. The van der Waals surface area contributed by atoms with E-state index in [0.717, 1.165) is 57.1 Å². The third kappa shape index (κ3) is 5.66. The second-order valence-electron chi connectivity index (χ2n) is 8.81. The van der Waals surface area contributed by atoms with Gasteiger partial charge in [-0.3, -0.25) is 9.69 Å². The normalized spacial score (nSPS) is 17.5. The number of hydrogen-bond acceptors (Lipinski definition) is 8. The molecule has 2 aliphatic rings. The van der Waals surface area contributed by atoms with Gasteiger partial charge in [-0.1, -0.05) is 17.3 Å². The minimum Gasteiger partial charge on any atom is -0.379 e. The Morgan fingerprint density at radius 1 is 1.11 bits per heavy atom. The minimum absolute atomic E-state index is 0.00825. The molecule has 2 aliphatic heterocycles. The Hall–Kier alpha value is -3.37. The van der Waals surface area contributed by atoms with Crippen LogP contribution < -0.4 is 10.2 Å².